The fraction of sp³-hybridized carbons (Fsp3) is 0.0833. The van der Waals surface area contributed by atoms with Crippen LogP contribution in [0, 0.1) is 0 Å². The summed E-state index contributed by atoms with van der Waals surface area (Å²) in [5.41, 5.74) is 2.28. The van der Waals surface area contributed by atoms with Crippen molar-refractivity contribution in [3.05, 3.63) is 83.5 Å². The summed E-state index contributed by atoms with van der Waals surface area (Å²) in [6.45, 7) is 0. The summed E-state index contributed by atoms with van der Waals surface area (Å²) >= 11 is 0. The number of H-pyrrole nitrogens is 1. The highest BCUT2D eigenvalue weighted by Crippen LogP contribution is 2.38. The van der Waals surface area contributed by atoms with Gasteiger partial charge in [0, 0.05) is 59.9 Å². The highest BCUT2D eigenvalue weighted by molar-refractivity contribution is 7.90. The van der Waals surface area contributed by atoms with Crippen molar-refractivity contribution in [1.29, 1.82) is 0 Å². The van der Waals surface area contributed by atoms with Crippen molar-refractivity contribution >= 4 is 31.6 Å². The number of nitrogens with zero attached hydrogens (tertiary/aromatic N) is 2. The minimum atomic E-state index is -3.45. The van der Waals surface area contributed by atoms with E-state index >= 15 is 0 Å². The molecule has 0 spiro atoms. The lowest BCUT2D eigenvalue weighted by atomic mass is 10.0. The second-order valence-corrected chi connectivity index (χ2v) is 9.63. The number of aromatic amines is 1. The molecule has 0 aliphatic carbocycles. The predicted molar refractivity (Wildman–Crippen MR) is 124 cm³/mol. The van der Waals surface area contributed by atoms with E-state index in [4.69, 9.17) is 4.74 Å². The average Bonchev–Trinajstić information content (AvgIpc) is 3.16. The molecule has 160 valence electrons. The summed E-state index contributed by atoms with van der Waals surface area (Å²) in [5, 5.41) is 1.69. The predicted octanol–water partition coefficient (Wildman–Crippen LogP) is 4.28. The van der Waals surface area contributed by atoms with Gasteiger partial charge in [-0.05, 0) is 42.5 Å². The number of hydrogen-bond donors (Lipinski definition) is 1. The molecular formula is C24H19N3O4S. The van der Waals surface area contributed by atoms with Gasteiger partial charge in [0.2, 0.25) is 0 Å². The SMILES string of the molecule is Cn1ccc2c(-c3cc(S(C)(=O)=O)ccc3Oc3ccc4cccnc4c3)c[nH]c(=O)c21. The van der Waals surface area contributed by atoms with Crippen LogP contribution >= 0.6 is 0 Å². The lowest BCUT2D eigenvalue weighted by Crippen LogP contribution is -2.09. The van der Waals surface area contributed by atoms with Gasteiger partial charge in [0.15, 0.2) is 9.84 Å². The van der Waals surface area contributed by atoms with E-state index in [0.717, 1.165) is 17.2 Å². The third kappa shape index (κ3) is 3.44. The summed E-state index contributed by atoms with van der Waals surface area (Å²) in [7, 11) is -1.67. The third-order valence-electron chi connectivity index (χ3n) is 5.40. The Bertz CT molecular complexity index is 1670. The molecular weight excluding hydrogens is 426 g/mol. The second kappa shape index (κ2) is 7.35. The molecule has 5 aromatic rings. The molecule has 0 radical (unpaired) electrons. The quantitative estimate of drug-likeness (QED) is 0.446. The van der Waals surface area contributed by atoms with Crippen molar-refractivity contribution in [2.75, 3.05) is 6.26 Å². The standard InChI is InChI=1S/C24H19N3O4S/c1-27-11-9-18-20(14-26-24(28)23(18)27)19-13-17(32(2,29)30)7-8-22(19)31-16-6-5-15-4-3-10-25-21(15)12-16/h3-14H,1-2H3,(H,26,28). The molecule has 0 aliphatic heterocycles. The van der Waals surface area contributed by atoms with E-state index in [1.807, 2.05) is 36.4 Å². The van der Waals surface area contributed by atoms with Crippen LogP contribution in [0.1, 0.15) is 0 Å². The van der Waals surface area contributed by atoms with Crippen LogP contribution in [0.4, 0.5) is 0 Å². The van der Waals surface area contributed by atoms with Gasteiger partial charge in [0.25, 0.3) is 5.56 Å². The van der Waals surface area contributed by atoms with Crippen molar-refractivity contribution in [3.8, 4) is 22.6 Å². The fourth-order valence-electron chi connectivity index (χ4n) is 3.81. The minimum absolute atomic E-state index is 0.162. The molecule has 0 bridgehead atoms. The zero-order valence-electron chi connectivity index (χ0n) is 17.4. The fourth-order valence-corrected chi connectivity index (χ4v) is 4.46. The Hall–Kier alpha value is -3.91. The summed E-state index contributed by atoms with van der Waals surface area (Å²) in [4.78, 5) is 19.6. The lowest BCUT2D eigenvalue weighted by Gasteiger charge is -2.14. The Balaban J connectivity index is 1.72. The van der Waals surface area contributed by atoms with Gasteiger partial charge in [-0.3, -0.25) is 9.78 Å². The van der Waals surface area contributed by atoms with Gasteiger partial charge < -0.3 is 14.3 Å². The first-order valence-corrected chi connectivity index (χ1v) is 11.7. The molecule has 3 heterocycles. The maximum Gasteiger partial charge on any atom is 0.272 e. The van der Waals surface area contributed by atoms with Crippen molar-refractivity contribution in [2.24, 2.45) is 7.05 Å². The summed E-state index contributed by atoms with van der Waals surface area (Å²) < 4.78 is 32.4. The van der Waals surface area contributed by atoms with Crippen LogP contribution < -0.4 is 10.3 Å². The van der Waals surface area contributed by atoms with Crippen molar-refractivity contribution < 1.29 is 13.2 Å². The molecule has 0 atom stereocenters. The van der Waals surface area contributed by atoms with Crippen molar-refractivity contribution in [2.45, 2.75) is 4.90 Å². The van der Waals surface area contributed by atoms with Gasteiger partial charge >= 0.3 is 0 Å². The molecule has 3 aromatic heterocycles. The number of sulfone groups is 1. The number of aryl methyl sites for hydroxylation is 1. The van der Waals surface area contributed by atoms with E-state index < -0.39 is 9.84 Å². The maximum atomic E-state index is 12.4. The monoisotopic (exact) mass is 445 g/mol. The number of nitrogens with one attached hydrogen (secondary N) is 1. The molecule has 1 N–H and O–H groups in total. The highest BCUT2D eigenvalue weighted by atomic mass is 32.2. The highest BCUT2D eigenvalue weighted by Gasteiger charge is 2.18. The molecule has 0 aliphatic rings. The van der Waals surface area contributed by atoms with Crippen LogP contribution in [0.3, 0.4) is 0 Å². The molecule has 5 rings (SSSR count). The van der Waals surface area contributed by atoms with Gasteiger partial charge in [0.1, 0.15) is 17.0 Å². The van der Waals surface area contributed by atoms with Crippen LogP contribution in [0.2, 0.25) is 0 Å². The number of aromatic nitrogens is 3. The molecule has 7 nitrogen and oxygen atoms in total. The minimum Gasteiger partial charge on any atom is -0.457 e. The molecule has 8 heteroatoms. The number of benzene rings is 2. The lowest BCUT2D eigenvalue weighted by molar-refractivity contribution is 0.484. The molecule has 0 amide bonds. The molecule has 0 unspecified atom stereocenters. The van der Waals surface area contributed by atoms with E-state index in [-0.39, 0.29) is 10.5 Å². The normalized spacial score (nSPS) is 11.8. The maximum absolute atomic E-state index is 12.4. The first-order valence-electron chi connectivity index (χ1n) is 9.85. The summed E-state index contributed by atoms with van der Waals surface area (Å²) in [5.74, 6) is 1.03. The Labute approximate surface area is 183 Å². The van der Waals surface area contributed by atoms with Gasteiger partial charge in [-0.15, -0.1) is 0 Å². The average molecular weight is 446 g/mol. The van der Waals surface area contributed by atoms with E-state index in [0.29, 0.717) is 33.5 Å². The van der Waals surface area contributed by atoms with E-state index in [1.165, 1.54) is 6.07 Å². The van der Waals surface area contributed by atoms with E-state index in [9.17, 15) is 13.2 Å². The number of pyridine rings is 2. The third-order valence-corrected chi connectivity index (χ3v) is 6.51. The largest absolute Gasteiger partial charge is 0.457 e. The Morgan fingerprint density at radius 3 is 2.69 bits per heavy atom. The molecule has 0 saturated heterocycles. The summed E-state index contributed by atoms with van der Waals surface area (Å²) in [6, 6.07) is 16.0. The Morgan fingerprint density at radius 2 is 1.88 bits per heavy atom. The molecule has 2 aromatic carbocycles. The van der Waals surface area contributed by atoms with Gasteiger partial charge in [-0.25, -0.2) is 8.42 Å². The zero-order chi connectivity index (χ0) is 22.5. The molecule has 32 heavy (non-hydrogen) atoms. The number of hydrogen-bond acceptors (Lipinski definition) is 5. The summed E-state index contributed by atoms with van der Waals surface area (Å²) in [6.07, 6.45) is 6.25. The van der Waals surface area contributed by atoms with Gasteiger partial charge in [0.05, 0.1) is 10.4 Å². The van der Waals surface area contributed by atoms with Crippen LogP contribution in [0.15, 0.2) is 82.9 Å². The topological polar surface area (TPSA) is 94.0 Å². The number of fused-ring (bicyclic) bond motifs is 2. The van der Waals surface area contributed by atoms with Crippen molar-refractivity contribution in [3.63, 3.8) is 0 Å². The van der Waals surface area contributed by atoms with Crippen LogP contribution in [-0.2, 0) is 16.9 Å². The van der Waals surface area contributed by atoms with Crippen LogP contribution in [0.5, 0.6) is 11.5 Å². The molecule has 0 fully saturated rings. The van der Waals surface area contributed by atoms with Crippen LogP contribution in [0.25, 0.3) is 32.9 Å². The van der Waals surface area contributed by atoms with E-state index in [2.05, 4.69) is 9.97 Å². The molecule has 0 saturated carbocycles. The van der Waals surface area contributed by atoms with Gasteiger partial charge in [-0.1, -0.05) is 6.07 Å². The van der Waals surface area contributed by atoms with Gasteiger partial charge in [-0.2, -0.15) is 0 Å². The van der Waals surface area contributed by atoms with Crippen molar-refractivity contribution in [1.82, 2.24) is 14.5 Å². The Kier molecular flexibility index (Phi) is 4.60. The zero-order valence-corrected chi connectivity index (χ0v) is 18.2. The first-order chi connectivity index (χ1) is 15.3. The van der Waals surface area contributed by atoms with Crippen LogP contribution in [-0.4, -0.2) is 29.2 Å². The second-order valence-electron chi connectivity index (χ2n) is 7.61. The van der Waals surface area contributed by atoms with E-state index in [1.54, 1.807) is 42.3 Å². The number of ether oxygens (including phenoxy) is 1. The first kappa shape index (κ1) is 20.0. The smallest absolute Gasteiger partial charge is 0.272 e. The Morgan fingerprint density at radius 1 is 1.03 bits per heavy atom. The number of rotatable bonds is 4.